The van der Waals surface area contributed by atoms with E-state index in [-0.39, 0.29) is 5.91 Å². The number of aromatic nitrogens is 2. The highest BCUT2D eigenvalue weighted by Gasteiger charge is 2.14. The van der Waals surface area contributed by atoms with Crippen molar-refractivity contribution in [2.75, 3.05) is 13.1 Å². The summed E-state index contributed by atoms with van der Waals surface area (Å²) in [6.07, 6.45) is 5.11. The third kappa shape index (κ3) is 2.61. The fourth-order valence-corrected chi connectivity index (χ4v) is 2.05. The van der Waals surface area contributed by atoms with E-state index < -0.39 is 0 Å². The first-order valence-corrected chi connectivity index (χ1v) is 5.77. The highest BCUT2D eigenvalue weighted by Crippen LogP contribution is 2.07. The van der Waals surface area contributed by atoms with Crippen LogP contribution in [-0.2, 0) is 7.05 Å². The van der Waals surface area contributed by atoms with Crippen molar-refractivity contribution in [2.24, 2.45) is 7.05 Å². The van der Waals surface area contributed by atoms with E-state index in [1.54, 1.807) is 24.0 Å². The molecule has 0 radical (unpaired) electrons. The summed E-state index contributed by atoms with van der Waals surface area (Å²) in [4.78, 5) is 11.7. The van der Waals surface area contributed by atoms with Crippen LogP contribution in [0.5, 0.6) is 0 Å². The van der Waals surface area contributed by atoms with Crippen LogP contribution in [0.2, 0.25) is 0 Å². The fraction of sp³-hybridized carbons (Fsp3) is 0.636. The van der Waals surface area contributed by atoms with Crippen molar-refractivity contribution in [3.8, 4) is 0 Å². The van der Waals surface area contributed by atoms with E-state index >= 15 is 0 Å². The molecule has 1 saturated heterocycles. The number of amides is 1. The summed E-state index contributed by atoms with van der Waals surface area (Å²) < 4.78 is 1.59. The molecule has 1 amide bonds. The molecule has 1 aliphatic heterocycles. The van der Waals surface area contributed by atoms with Gasteiger partial charge in [-0.05, 0) is 31.9 Å². The molecule has 0 aliphatic carbocycles. The maximum Gasteiger partial charge on any atom is 0.269 e. The molecular weight excluding hydrogens is 204 g/mol. The molecule has 2 rings (SSSR count). The SMILES string of the molecule is Cn1nccc1C(=O)NCC[C@H]1CCCN1. The topological polar surface area (TPSA) is 59.0 Å². The van der Waals surface area contributed by atoms with Crippen LogP contribution in [0.25, 0.3) is 0 Å². The summed E-state index contributed by atoms with van der Waals surface area (Å²) in [5, 5.41) is 10.3. The Bertz CT molecular complexity index is 355. The van der Waals surface area contributed by atoms with Gasteiger partial charge in [0, 0.05) is 25.8 Å². The summed E-state index contributed by atoms with van der Waals surface area (Å²) in [5.41, 5.74) is 0.611. The summed E-state index contributed by atoms with van der Waals surface area (Å²) in [7, 11) is 1.77. The maximum absolute atomic E-state index is 11.7. The number of rotatable bonds is 4. The van der Waals surface area contributed by atoms with E-state index in [0.29, 0.717) is 11.7 Å². The smallest absolute Gasteiger partial charge is 0.269 e. The molecule has 5 heteroatoms. The quantitative estimate of drug-likeness (QED) is 0.770. The minimum Gasteiger partial charge on any atom is -0.351 e. The van der Waals surface area contributed by atoms with Crippen LogP contribution in [0, 0.1) is 0 Å². The average Bonchev–Trinajstić information content (AvgIpc) is 2.88. The van der Waals surface area contributed by atoms with E-state index in [9.17, 15) is 4.79 Å². The summed E-state index contributed by atoms with van der Waals surface area (Å²) in [6, 6.07) is 2.30. The van der Waals surface area contributed by atoms with Gasteiger partial charge >= 0.3 is 0 Å². The number of nitrogens with zero attached hydrogens (tertiary/aromatic N) is 2. The summed E-state index contributed by atoms with van der Waals surface area (Å²) in [6.45, 7) is 1.84. The Balaban J connectivity index is 1.73. The lowest BCUT2D eigenvalue weighted by molar-refractivity contribution is 0.0943. The molecule has 88 valence electrons. The predicted molar refractivity (Wildman–Crippen MR) is 61.2 cm³/mol. The van der Waals surface area contributed by atoms with Gasteiger partial charge in [-0.25, -0.2) is 0 Å². The van der Waals surface area contributed by atoms with Gasteiger partial charge in [0.25, 0.3) is 5.91 Å². The number of hydrogen-bond acceptors (Lipinski definition) is 3. The fourth-order valence-electron chi connectivity index (χ4n) is 2.05. The largest absolute Gasteiger partial charge is 0.351 e. The molecule has 1 aliphatic rings. The monoisotopic (exact) mass is 222 g/mol. The van der Waals surface area contributed by atoms with Crippen LogP contribution >= 0.6 is 0 Å². The van der Waals surface area contributed by atoms with Crippen molar-refractivity contribution in [1.29, 1.82) is 0 Å². The van der Waals surface area contributed by atoms with Crippen molar-refractivity contribution in [2.45, 2.75) is 25.3 Å². The van der Waals surface area contributed by atoms with Crippen LogP contribution in [0.15, 0.2) is 12.3 Å². The Morgan fingerprint density at radius 3 is 3.25 bits per heavy atom. The number of hydrogen-bond donors (Lipinski definition) is 2. The Hall–Kier alpha value is -1.36. The lowest BCUT2D eigenvalue weighted by Gasteiger charge is -2.10. The second kappa shape index (κ2) is 5.12. The molecule has 0 saturated carbocycles. The molecule has 1 fully saturated rings. The molecule has 5 nitrogen and oxygen atoms in total. The molecule has 0 aromatic carbocycles. The normalized spacial score (nSPS) is 19.9. The van der Waals surface area contributed by atoms with Crippen molar-refractivity contribution < 1.29 is 4.79 Å². The number of nitrogens with one attached hydrogen (secondary N) is 2. The zero-order valence-electron chi connectivity index (χ0n) is 9.57. The minimum atomic E-state index is -0.0435. The lowest BCUT2D eigenvalue weighted by atomic mass is 10.1. The number of carbonyl (C=O) groups excluding carboxylic acids is 1. The average molecular weight is 222 g/mol. The zero-order valence-corrected chi connectivity index (χ0v) is 9.57. The first kappa shape index (κ1) is 11.1. The summed E-state index contributed by atoms with van der Waals surface area (Å²) >= 11 is 0. The van der Waals surface area contributed by atoms with Gasteiger partial charge in [-0.1, -0.05) is 0 Å². The first-order chi connectivity index (χ1) is 7.77. The van der Waals surface area contributed by atoms with Gasteiger partial charge in [0.15, 0.2) is 0 Å². The van der Waals surface area contributed by atoms with Gasteiger partial charge < -0.3 is 10.6 Å². The molecular formula is C11H18N4O. The molecule has 1 aromatic heterocycles. The Morgan fingerprint density at radius 2 is 2.62 bits per heavy atom. The second-order valence-electron chi connectivity index (χ2n) is 4.18. The van der Waals surface area contributed by atoms with Gasteiger partial charge in [0.1, 0.15) is 5.69 Å². The van der Waals surface area contributed by atoms with E-state index in [1.165, 1.54) is 12.8 Å². The van der Waals surface area contributed by atoms with Crippen LogP contribution in [0.4, 0.5) is 0 Å². The number of aryl methyl sites for hydroxylation is 1. The highest BCUT2D eigenvalue weighted by atomic mass is 16.2. The maximum atomic E-state index is 11.7. The minimum absolute atomic E-state index is 0.0435. The second-order valence-corrected chi connectivity index (χ2v) is 4.18. The van der Waals surface area contributed by atoms with Gasteiger partial charge in [0.05, 0.1) is 0 Å². The van der Waals surface area contributed by atoms with Crippen LogP contribution < -0.4 is 10.6 Å². The number of carbonyl (C=O) groups is 1. The lowest BCUT2D eigenvalue weighted by Crippen LogP contribution is -2.31. The highest BCUT2D eigenvalue weighted by molar-refractivity contribution is 5.92. The van der Waals surface area contributed by atoms with Gasteiger partial charge in [0.2, 0.25) is 0 Å². The van der Waals surface area contributed by atoms with Crippen molar-refractivity contribution in [1.82, 2.24) is 20.4 Å². The van der Waals surface area contributed by atoms with Crippen molar-refractivity contribution >= 4 is 5.91 Å². The molecule has 1 aromatic rings. The zero-order chi connectivity index (χ0) is 11.4. The Kier molecular flexibility index (Phi) is 3.56. The van der Waals surface area contributed by atoms with Crippen molar-refractivity contribution in [3.05, 3.63) is 18.0 Å². The molecule has 2 N–H and O–H groups in total. The molecule has 0 bridgehead atoms. The molecule has 16 heavy (non-hydrogen) atoms. The third-order valence-electron chi connectivity index (χ3n) is 2.99. The third-order valence-corrected chi connectivity index (χ3v) is 2.99. The Morgan fingerprint density at radius 1 is 1.75 bits per heavy atom. The molecule has 2 heterocycles. The van der Waals surface area contributed by atoms with Crippen LogP contribution in [0.3, 0.4) is 0 Å². The standard InChI is InChI=1S/C11H18N4O/c1-15-10(5-8-14-15)11(16)13-7-4-9-3-2-6-12-9/h5,8-9,12H,2-4,6-7H2,1H3,(H,13,16)/t9-/m1/s1. The van der Waals surface area contributed by atoms with Crippen molar-refractivity contribution in [3.63, 3.8) is 0 Å². The van der Waals surface area contributed by atoms with Gasteiger partial charge in [-0.3, -0.25) is 9.48 Å². The van der Waals surface area contributed by atoms with E-state index in [0.717, 1.165) is 19.5 Å². The predicted octanol–water partition coefficient (Wildman–Crippen LogP) is 0.292. The van der Waals surface area contributed by atoms with Crippen LogP contribution in [0.1, 0.15) is 29.8 Å². The Labute approximate surface area is 95.2 Å². The molecule has 0 spiro atoms. The van der Waals surface area contributed by atoms with E-state index in [4.69, 9.17) is 0 Å². The molecule has 1 atom stereocenters. The first-order valence-electron chi connectivity index (χ1n) is 5.77. The molecule has 0 unspecified atom stereocenters. The van der Waals surface area contributed by atoms with E-state index in [2.05, 4.69) is 15.7 Å². The summed E-state index contributed by atoms with van der Waals surface area (Å²) in [5.74, 6) is -0.0435. The van der Waals surface area contributed by atoms with Gasteiger partial charge in [-0.2, -0.15) is 5.10 Å². The van der Waals surface area contributed by atoms with E-state index in [1.807, 2.05) is 0 Å². The van der Waals surface area contributed by atoms with Gasteiger partial charge in [-0.15, -0.1) is 0 Å². The van der Waals surface area contributed by atoms with Crippen LogP contribution in [-0.4, -0.2) is 34.8 Å².